The van der Waals surface area contributed by atoms with Crippen molar-refractivity contribution in [2.75, 3.05) is 37.7 Å². The van der Waals surface area contributed by atoms with E-state index in [2.05, 4.69) is 10.2 Å². The Morgan fingerprint density at radius 2 is 2.00 bits per heavy atom. The number of rotatable bonds is 6. The molecule has 1 aliphatic rings. The highest BCUT2D eigenvalue weighted by molar-refractivity contribution is 7.85. The van der Waals surface area contributed by atoms with E-state index in [4.69, 9.17) is 4.74 Å². The van der Waals surface area contributed by atoms with Crippen LogP contribution in [0.4, 0.5) is 0 Å². The summed E-state index contributed by atoms with van der Waals surface area (Å²) in [5.41, 5.74) is -0.705. The van der Waals surface area contributed by atoms with E-state index in [1.165, 1.54) is 0 Å². The number of hydrogen-bond donors (Lipinski definition) is 1. The van der Waals surface area contributed by atoms with Crippen LogP contribution in [0, 0.1) is 0 Å². The molecule has 5 nitrogen and oxygen atoms in total. The van der Waals surface area contributed by atoms with E-state index in [0.717, 1.165) is 13.1 Å². The molecule has 0 spiro atoms. The lowest BCUT2D eigenvalue weighted by Gasteiger charge is -2.37. The van der Waals surface area contributed by atoms with E-state index in [-0.39, 0.29) is 12.0 Å². The molecule has 1 aliphatic heterocycles. The third-order valence-electron chi connectivity index (χ3n) is 3.14. The van der Waals surface area contributed by atoms with Gasteiger partial charge in [0.15, 0.2) is 0 Å². The summed E-state index contributed by atoms with van der Waals surface area (Å²) in [6.45, 7) is 10.3. The molecule has 112 valence electrons. The van der Waals surface area contributed by atoms with E-state index in [1.54, 1.807) is 0 Å². The van der Waals surface area contributed by atoms with Crippen molar-refractivity contribution < 1.29 is 13.7 Å². The van der Waals surface area contributed by atoms with Crippen LogP contribution in [-0.4, -0.2) is 64.4 Å². The summed E-state index contributed by atoms with van der Waals surface area (Å²) in [4.78, 5) is 14.4. The molecule has 0 aromatic heterocycles. The first-order valence-electron chi connectivity index (χ1n) is 6.89. The van der Waals surface area contributed by atoms with Crippen LogP contribution in [-0.2, 0) is 20.3 Å². The maximum atomic E-state index is 12.2. The number of nitrogens with one attached hydrogen (secondary N) is 1. The van der Waals surface area contributed by atoms with Crippen LogP contribution in [0.5, 0.6) is 0 Å². The van der Waals surface area contributed by atoms with E-state index < -0.39 is 16.3 Å². The molecule has 1 unspecified atom stereocenters. The van der Waals surface area contributed by atoms with Gasteiger partial charge in [0.2, 0.25) is 0 Å². The molecule has 1 atom stereocenters. The van der Waals surface area contributed by atoms with Gasteiger partial charge < -0.3 is 4.74 Å². The first-order chi connectivity index (χ1) is 8.87. The molecule has 1 N–H and O–H groups in total. The van der Waals surface area contributed by atoms with E-state index in [9.17, 15) is 9.00 Å². The molecular weight excluding hydrogens is 264 g/mol. The van der Waals surface area contributed by atoms with Gasteiger partial charge in [-0.1, -0.05) is 0 Å². The smallest absolute Gasteiger partial charge is 0.327 e. The van der Waals surface area contributed by atoms with Gasteiger partial charge in [-0.25, -0.2) is 0 Å². The SMILES string of the molecule is CCOC(=O)C(C)(CN1CCS(=O)CC1)NC(C)C. The number of nitrogens with zero attached hydrogens (tertiary/aromatic N) is 1. The average molecular weight is 290 g/mol. The Hall–Kier alpha value is -0.460. The summed E-state index contributed by atoms with van der Waals surface area (Å²) in [5, 5.41) is 3.31. The minimum absolute atomic E-state index is 0.202. The fraction of sp³-hybridized carbons (Fsp3) is 0.923. The quantitative estimate of drug-likeness (QED) is 0.716. The molecule has 1 fully saturated rings. The van der Waals surface area contributed by atoms with Crippen LogP contribution in [0.2, 0.25) is 0 Å². The van der Waals surface area contributed by atoms with Crippen molar-refractivity contribution in [1.82, 2.24) is 10.2 Å². The van der Waals surface area contributed by atoms with E-state index in [0.29, 0.717) is 24.7 Å². The fourth-order valence-electron chi connectivity index (χ4n) is 2.38. The van der Waals surface area contributed by atoms with Crippen LogP contribution in [0.3, 0.4) is 0 Å². The van der Waals surface area contributed by atoms with Gasteiger partial charge in [-0.15, -0.1) is 0 Å². The van der Waals surface area contributed by atoms with Gasteiger partial charge in [0.1, 0.15) is 5.54 Å². The van der Waals surface area contributed by atoms with Crippen molar-refractivity contribution >= 4 is 16.8 Å². The molecule has 0 aromatic carbocycles. The van der Waals surface area contributed by atoms with Crippen molar-refractivity contribution in [2.45, 2.75) is 39.3 Å². The van der Waals surface area contributed by atoms with Crippen LogP contribution in [0.25, 0.3) is 0 Å². The fourth-order valence-corrected chi connectivity index (χ4v) is 3.51. The van der Waals surface area contributed by atoms with Crippen molar-refractivity contribution in [3.05, 3.63) is 0 Å². The third kappa shape index (κ3) is 5.20. The highest BCUT2D eigenvalue weighted by atomic mass is 32.2. The van der Waals surface area contributed by atoms with Gasteiger partial charge in [-0.3, -0.25) is 19.2 Å². The average Bonchev–Trinajstić information content (AvgIpc) is 2.31. The largest absolute Gasteiger partial charge is 0.465 e. The molecule has 19 heavy (non-hydrogen) atoms. The standard InChI is InChI=1S/C13H26N2O3S/c1-5-18-12(16)13(4,14-11(2)3)10-15-6-8-19(17)9-7-15/h11,14H,5-10H2,1-4H3. The lowest BCUT2D eigenvalue weighted by molar-refractivity contribution is -0.151. The second-order valence-electron chi connectivity index (χ2n) is 5.48. The Labute approximate surface area is 118 Å². The van der Waals surface area contributed by atoms with Crippen LogP contribution >= 0.6 is 0 Å². The molecule has 0 saturated carbocycles. The summed E-state index contributed by atoms with van der Waals surface area (Å²) in [5.74, 6) is 1.18. The molecule has 0 radical (unpaired) electrons. The van der Waals surface area contributed by atoms with Crippen LogP contribution in [0.1, 0.15) is 27.7 Å². The zero-order valence-electron chi connectivity index (χ0n) is 12.4. The second kappa shape index (κ2) is 7.36. The molecule has 0 bridgehead atoms. The second-order valence-corrected chi connectivity index (χ2v) is 7.17. The Morgan fingerprint density at radius 3 is 2.47 bits per heavy atom. The molecule has 6 heteroatoms. The minimum atomic E-state index is -0.705. The summed E-state index contributed by atoms with van der Waals surface area (Å²) in [6, 6.07) is 0.202. The molecule has 0 aromatic rings. The Bertz CT molecular complexity index is 326. The Morgan fingerprint density at radius 1 is 1.42 bits per heavy atom. The maximum absolute atomic E-state index is 12.2. The Kier molecular flexibility index (Phi) is 6.42. The summed E-state index contributed by atoms with van der Waals surface area (Å²) in [6.07, 6.45) is 0. The number of hydrogen-bond acceptors (Lipinski definition) is 5. The maximum Gasteiger partial charge on any atom is 0.327 e. The zero-order chi connectivity index (χ0) is 14.5. The summed E-state index contributed by atoms with van der Waals surface area (Å²) < 4.78 is 16.5. The molecule has 0 amide bonds. The molecule has 1 rings (SSSR count). The first kappa shape index (κ1) is 16.6. The van der Waals surface area contributed by atoms with Gasteiger partial charge >= 0.3 is 5.97 Å². The molecule has 1 saturated heterocycles. The van der Waals surface area contributed by atoms with Crippen molar-refractivity contribution in [3.8, 4) is 0 Å². The summed E-state index contributed by atoms with van der Waals surface area (Å²) >= 11 is 0. The first-order valence-corrected chi connectivity index (χ1v) is 8.38. The van der Waals surface area contributed by atoms with E-state index in [1.807, 2.05) is 27.7 Å². The van der Waals surface area contributed by atoms with Crippen LogP contribution < -0.4 is 5.32 Å². The third-order valence-corrected chi connectivity index (χ3v) is 4.42. The number of carbonyl (C=O) groups is 1. The van der Waals surface area contributed by atoms with Gasteiger partial charge in [-0.2, -0.15) is 0 Å². The lowest BCUT2D eigenvalue weighted by atomic mass is 10.0. The van der Waals surface area contributed by atoms with Crippen molar-refractivity contribution in [1.29, 1.82) is 0 Å². The van der Waals surface area contributed by atoms with E-state index >= 15 is 0 Å². The minimum Gasteiger partial charge on any atom is -0.465 e. The predicted octanol–water partition coefficient (Wildman–Crippen LogP) is 0.371. The Balaban J connectivity index is 2.68. The molecular formula is C13H26N2O3S. The monoisotopic (exact) mass is 290 g/mol. The molecule has 1 heterocycles. The van der Waals surface area contributed by atoms with Gasteiger partial charge in [0.25, 0.3) is 0 Å². The lowest BCUT2D eigenvalue weighted by Crippen LogP contribution is -2.60. The van der Waals surface area contributed by atoms with Crippen molar-refractivity contribution in [2.24, 2.45) is 0 Å². The number of carbonyl (C=O) groups excluding carboxylic acids is 1. The topological polar surface area (TPSA) is 58.6 Å². The zero-order valence-corrected chi connectivity index (χ0v) is 13.2. The van der Waals surface area contributed by atoms with Crippen LogP contribution in [0.15, 0.2) is 0 Å². The van der Waals surface area contributed by atoms with Gasteiger partial charge in [0.05, 0.1) is 6.61 Å². The highest BCUT2D eigenvalue weighted by Crippen LogP contribution is 2.13. The normalized spacial score (nSPS) is 21.3. The number of esters is 1. The number of ether oxygens (including phenoxy) is 1. The predicted molar refractivity (Wildman–Crippen MR) is 77.6 cm³/mol. The van der Waals surface area contributed by atoms with Gasteiger partial charge in [-0.05, 0) is 27.7 Å². The van der Waals surface area contributed by atoms with Crippen molar-refractivity contribution in [3.63, 3.8) is 0 Å². The highest BCUT2D eigenvalue weighted by Gasteiger charge is 2.37. The molecule has 0 aliphatic carbocycles. The summed E-state index contributed by atoms with van der Waals surface area (Å²) in [7, 11) is -0.692. The van der Waals surface area contributed by atoms with Gasteiger partial charge in [0, 0.05) is 48.0 Å².